The molecule has 0 aliphatic heterocycles. The number of carboxylic acid groups (broad SMARTS) is 1. The van der Waals surface area contributed by atoms with E-state index < -0.39 is 5.97 Å². The molecule has 0 bridgehead atoms. The van der Waals surface area contributed by atoms with Crippen molar-refractivity contribution >= 4 is 11.6 Å². The number of aromatic nitrogens is 3. The number of hydrogen-bond donors (Lipinski definition) is 3. The fraction of sp³-hybridized carbons (Fsp3) is 0.235. The number of nitrogens with zero attached hydrogens (tertiary/aromatic N) is 4. The number of carbonyl (C=O) groups is 1. The van der Waals surface area contributed by atoms with Crippen molar-refractivity contribution in [2.24, 2.45) is 11.6 Å². The third-order valence-corrected chi connectivity index (χ3v) is 4.31. The summed E-state index contributed by atoms with van der Waals surface area (Å²) in [7, 11) is 0. The summed E-state index contributed by atoms with van der Waals surface area (Å²) < 4.78 is 6.94. The third-order valence-electron chi connectivity index (χ3n) is 4.31. The number of carboxylic acids is 1. The molecule has 0 unspecified atom stereocenters. The topological polar surface area (TPSA) is 136 Å². The predicted octanol–water partition coefficient (Wildman–Crippen LogP) is 1.43. The average Bonchev–Trinajstić information content (AvgIpc) is 3.14. The highest BCUT2D eigenvalue weighted by atomic mass is 16.5. The van der Waals surface area contributed by atoms with Gasteiger partial charge in [0.15, 0.2) is 0 Å². The van der Waals surface area contributed by atoms with E-state index in [1.165, 1.54) is 29.6 Å². The van der Waals surface area contributed by atoms with E-state index in [0.29, 0.717) is 11.6 Å². The molecule has 0 saturated heterocycles. The van der Waals surface area contributed by atoms with E-state index in [0.717, 1.165) is 16.8 Å². The van der Waals surface area contributed by atoms with Gasteiger partial charge in [0.1, 0.15) is 17.6 Å². The van der Waals surface area contributed by atoms with Crippen molar-refractivity contribution < 1.29 is 14.4 Å². The van der Waals surface area contributed by atoms with Crippen LogP contribution < -0.4 is 11.6 Å². The monoisotopic (exact) mass is 354 g/mol. The quantitative estimate of drug-likeness (QED) is 0.343. The number of hydrazine groups is 1. The second-order valence-electron chi connectivity index (χ2n) is 6.40. The summed E-state index contributed by atoms with van der Waals surface area (Å²) in [5.41, 5.74) is 9.54. The lowest BCUT2D eigenvalue weighted by Gasteiger charge is -2.11. The second kappa shape index (κ2) is 6.19. The highest BCUT2D eigenvalue weighted by molar-refractivity contribution is 5.85. The van der Waals surface area contributed by atoms with Crippen LogP contribution in [0.1, 0.15) is 30.0 Å². The molecule has 0 aromatic carbocycles. The van der Waals surface area contributed by atoms with Gasteiger partial charge in [0.2, 0.25) is 0 Å². The Balaban J connectivity index is 1.71. The molecule has 26 heavy (non-hydrogen) atoms. The van der Waals surface area contributed by atoms with Crippen molar-refractivity contribution in [3.8, 4) is 11.1 Å². The first kappa shape index (κ1) is 16.2. The summed E-state index contributed by atoms with van der Waals surface area (Å²) in [6, 6.07) is 2.12. The Morgan fingerprint density at radius 1 is 1.46 bits per heavy atom. The maximum atomic E-state index is 10.8. The van der Waals surface area contributed by atoms with Crippen molar-refractivity contribution in [2.75, 3.05) is 0 Å². The second-order valence-corrected chi connectivity index (χ2v) is 6.40. The Kier molecular flexibility index (Phi) is 3.85. The molecule has 0 amide bonds. The Bertz CT molecular complexity index is 988. The largest absolute Gasteiger partial charge is 0.477 e. The summed E-state index contributed by atoms with van der Waals surface area (Å²) in [5.74, 6) is 5.18. The Morgan fingerprint density at radius 2 is 2.27 bits per heavy atom. The van der Waals surface area contributed by atoms with Crippen LogP contribution >= 0.6 is 0 Å². The molecule has 4 rings (SSSR count). The molecular formula is C17H18N6O3. The zero-order valence-electron chi connectivity index (χ0n) is 13.9. The number of pyridine rings is 1. The molecule has 0 spiro atoms. The van der Waals surface area contributed by atoms with Crippen LogP contribution in [-0.2, 0) is 11.3 Å². The first-order valence-electron chi connectivity index (χ1n) is 8.14. The lowest BCUT2D eigenvalue weighted by Crippen LogP contribution is -2.27. The Labute approximate surface area is 148 Å². The summed E-state index contributed by atoms with van der Waals surface area (Å²) in [4.78, 5) is 15.4. The fourth-order valence-electron chi connectivity index (χ4n) is 2.90. The van der Waals surface area contributed by atoms with E-state index in [1.807, 2.05) is 10.6 Å². The molecule has 0 radical (unpaired) electrons. The molecule has 3 heterocycles. The van der Waals surface area contributed by atoms with Crippen molar-refractivity contribution in [1.29, 1.82) is 0 Å². The lowest BCUT2D eigenvalue weighted by molar-refractivity contribution is -0.132. The minimum Gasteiger partial charge on any atom is -0.477 e. The molecule has 1 aliphatic carbocycles. The lowest BCUT2D eigenvalue weighted by atomic mass is 10.1. The van der Waals surface area contributed by atoms with Gasteiger partial charge < -0.3 is 24.8 Å². The molecule has 3 aromatic heterocycles. The number of aliphatic carboxylic acids is 1. The van der Waals surface area contributed by atoms with Crippen molar-refractivity contribution in [2.45, 2.75) is 25.3 Å². The van der Waals surface area contributed by atoms with E-state index in [-0.39, 0.29) is 12.2 Å². The first-order valence-corrected chi connectivity index (χ1v) is 8.14. The van der Waals surface area contributed by atoms with Crippen molar-refractivity contribution in [3.63, 3.8) is 0 Å². The number of imidazole rings is 1. The molecule has 5 N–H and O–H groups in total. The van der Waals surface area contributed by atoms with Gasteiger partial charge in [-0.1, -0.05) is 5.16 Å². The van der Waals surface area contributed by atoms with Crippen molar-refractivity contribution in [1.82, 2.24) is 19.6 Å². The maximum Gasteiger partial charge on any atom is 0.353 e. The molecule has 1 fully saturated rings. The number of nitrogens with two attached hydrogens (primary N) is 2. The minimum absolute atomic E-state index is 0.220. The number of fused-ring (bicyclic) bond motifs is 1. The standard InChI is InChI=1S/C17H18N6O3/c18-15(17(24)25)8-23(19)7-13-6-22-5-11(10-1-2-10)3-14(16(22)21-13)12-4-20-26-9-12/h3-6,8-10H,1-2,7,18-19H2,(H,24,25)/b15-8-. The van der Waals surface area contributed by atoms with Gasteiger partial charge in [0, 0.05) is 29.7 Å². The smallest absolute Gasteiger partial charge is 0.353 e. The minimum atomic E-state index is -1.22. The number of rotatable bonds is 6. The average molecular weight is 354 g/mol. The molecule has 9 heteroatoms. The fourth-order valence-corrected chi connectivity index (χ4v) is 2.90. The summed E-state index contributed by atoms with van der Waals surface area (Å²) in [5, 5.41) is 13.8. The van der Waals surface area contributed by atoms with Crippen LogP contribution in [-0.4, -0.2) is 30.6 Å². The summed E-state index contributed by atoms with van der Waals surface area (Å²) in [6.45, 7) is 0.220. The van der Waals surface area contributed by atoms with E-state index >= 15 is 0 Å². The molecule has 1 aliphatic rings. The van der Waals surface area contributed by atoms with Gasteiger partial charge in [0.25, 0.3) is 0 Å². The zero-order valence-corrected chi connectivity index (χ0v) is 13.9. The molecule has 134 valence electrons. The highest BCUT2D eigenvalue weighted by Crippen LogP contribution is 2.41. The first-order chi connectivity index (χ1) is 12.5. The van der Waals surface area contributed by atoms with Gasteiger partial charge >= 0.3 is 5.97 Å². The molecular weight excluding hydrogens is 336 g/mol. The van der Waals surface area contributed by atoms with Crippen molar-refractivity contribution in [3.05, 3.63) is 54.1 Å². The van der Waals surface area contributed by atoms with Gasteiger partial charge in [-0.15, -0.1) is 0 Å². The SMILES string of the molecule is N/C(=C\N(N)Cc1cn2cc(C3CC3)cc(-c3cnoc3)c2n1)C(=O)O. The molecule has 9 nitrogen and oxygen atoms in total. The predicted molar refractivity (Wildman–Crippen MR) is 92.3 cm³/mol. The van der Waals surface area contributed by atoms with E-state index in [9.17, 15) is 4.79 Å². The van der Waals surface area contributed by atoms with Gasteiger partial charge in [-0.25, -0.2) is 15.6 Å². The molecule has 3 aromatic rings. The number of hydrogen-bond acceptors (Lipinski definition) is 7. The van der Waals surface area contributed by atoms with Gasteiger partial charge in [-0.05, 0) is 30.4 Å². The van der Waals surface area contributed by atoms with E-state index in [2.05, 4.69) is 22.4 Å². The molecule has 0 atom stereocenters. The molecule has 1 saturated carbocycles. The zero-order chi connectivity index (χ0) is 18.3. The van der Waals surface area contributed by atoms with Gasteiger partial charge in [-0.3, -0.25) is 0 Å². The van der Waals surface area contributed by atoms with Crippen LogP contribution in [0.3, 0.4) is 0 Å². The van der Waals surface area contributed by atoms with Crippen LogP contribution in [0, 0.1) is 0 Å². The van der Waals surface area contributed by atoms with E-state index in [1.54, 1.807) is 12.5 Å². The third kappa shape index (κ3) is 3.11. The maximum absolute atomic E-state index is 10.8. The summed E-state index contributed by atoms with van der Waals surface area (Å²) in [6.07, 6.45) is 10.7. The van der Waals surface area contributed by atoms with Gasteiger partial charge in [-0.2, -0.15) is 0 Å². The Hall–Kier alpha value is -3.33. The van der Waals surface area contributed by atoms with Crippen LogP contribution in [0.2, 0.25) is 0 Å². The van der Waals surface area contributed by atoms with Crippen LogP contribution in [0.25, 0.3) is 16.8 Å². The highest BCUT2D eigenvalue weighted by Gasteiger charge is 2.25. The summed E-state index contributed by atoms with van der Waals surface area (Å²) >= 11 is 0. The van der Waals surface area contributed by atoms with Crippen LogP contribution in [0.5, 0.6) is 0 Å². The Morgan fingerprint density at radius 3 is 2.92 bits per heavy atom. The van der Waals surface area contributed by atoms with Crippen LogP contribution in [0.15, 0.2) is 47.3 Å². The van der Waals surface area contributed by atoms with Crippen LogP contribution in [0.4, 0.5) is 0 Å². The van der Waals surface area contributed by atoms with Gasteiger partial charge in [0.05, 0.1) is 18.4 Å². The normalized spacial score (nSPS) is 14.7. The van der Waals surface area contributed by atoms with E-state index in [4.69, 9.17) is 21.2 Å².